The highest BCUT2D eigenvalue weighted by atomic mass is 32.2. The van der Waals surface area contributed by atoms with Crippen LogP contribution in [0.25, 0.3) is 0 Å². The first-order chi connectivity index (χ1) is 14.7. The minimum absolute atomic E-state index is 0.0187. The Hall–Kier alpha value is -2.91. The van der Waals surface area contributed by atoms with E-state index in [0.717, 1.165) is 9.87 Å². The molecule has 1 atom stereocenters. The summed E-state index contributed by atoms with van der Waals surface area (Å²) < 4.78 is 32.6. The number of nitrogens with zero attached hydrogens (tertiary/aromatic N) is 1. The van der Waals surface area contributed by atoms with Crippen LogP contribution in [0.4, 0.5) is 0 Å². The molecule has 1 aliphatic heterocycles. The Morgan fingerprint density at radius 2 is 1.87 bits per heavy atom. The van der Waals surface area contributed by atoms with Crippen LogP contribution in [0.2, 0.25) is 0 Å². The first kappa shape index (κ1) is 22.8. The highest BCUT2D eigenvalue weighted by Crippen LogP contribution is 2.22. The average Bonchev–Trinajstić information content (AvgIpc) is 2.73. The summed E-state index contributed by atoms with van der Waals surface area (Å²) in [6.45, 7) is 5.94. The third-order valence-electron chi connectivity index (χ3n) is 4.81. The Bertz CT molecular complexity index is 1070. The summed E-state index contributed by atoms with van der Waals surface area (Å²) in [5.74, 6) is -0.0235. The van der Waals surface area contributed by atoms with E-state index in [1.54, 1.807) is 6.07 Å². The number of nitrogens with one attached hydrogen (secondary N) is 2. The average molecular weight is 446 g/mol. The lowest BCUT2D eigenvalue weighted by Crippen LogP contribution is -2.49. The van der Waals surface area contributed by atoms with Gasteiger partial charge in [0.2, 0.25) is 15.9 Å². The van der Waals surface area contributed by atoms with Crippen molar-refractivity contribution < 1.29 is 22.7 Å². The monoisotopic (exact) mass is 445 g/mol. The quantitative estimate of drug-likeness (QED) is 0.679. The number of carbonyl (C=O) groups excluding carboxylic acids is 2. The number of amides is 2. The van der Waals surface area contributed by atoms with Gasteiger partial charge in [-0.1, -0.05) is 18.2 Å². The van der Waals surface area contributed by atoms with Gasteiger partial charge >= 0.3 is 0 Å². The van der Waals surface area contributed by atoms with E-state index in [1.807, 2.05) is 45.0 Å². The van der Waals surface area contributed by atoms with Crippen LogP contribution in [-0.2, 0) is 14.8 Å². The number of piperazine rings is 1. The van der Waals surface area contributed by atoms with E-state index >= 15 is 0 Å². The van der Waals surface area contributed by atoms with Crippen LogP contribution in [0.1, 0.15) is 42.7 Å². The van der Waals surface area contributed by atoms with Gasteiger partial charge in [0, 0.05) is 18.7 Å². The van der Waals surface area contributed by atoms with E-state index in [4.69, 9.17) is 4.74 Å². The molecule has 1 heterocycles. The van der Waals surface area contributed by atoms with Gasteiger partial charge in [-0.3, -0.25) is 9.59 Å². The molecule has 1 aliphatic rings. The molecular formula is C22H27N3O5S. The maximum atomic E-state index is 12.9. The molecule has 2 N–H and O–H groups in total. The molecule has 9 heteroatoms. The maximum Gasteiger partial charge on any atom is 0.251 e. The molecule has 166 valence electrons. The number of rotatable bonds is 7. The number of sulfonamides is 1. The van der Waals surface area contributed by atoms with Crippen molar-refractivity contribution in [3.05, 3.63) is 59.7 Å². The number of hydrogen-bond acceptors (Lipinski definition) is 5. The van der Waals surface area contributed by atoms with Crippen molar-refractivity contribution in [1.29, 1.82) is 0 Å². The summed E-state index contributed by atoms with van der Waals surface area (Å²) in [7, 11) is -3.87. The summed E-state index contributed by atoms with van der Waals surface area (Å²) in [5, 5.41) is 5.49. The van der Waals surface area contributed by atoms with Gasteiger partial charge in [-0.05, 0) is 56.7 Å². The lowest BCUT2D eigenvalue weighted by molar-refractivity contribution is -0.122. The molecule has 2 aromatic rings. The lowest BCUT2D eigenvalue weighted by atomic mass is 10.1. The van der Waals surface area contributed by atoms with Gasteiger partial charge in [0.15, 0.2) is 0 Å². The van der Waals surface area contributed by atoms with E-state index < -0.39 is 15.9 Å². The molecule has 2 amide bonds. The van der Waals surface area contributed by atoms with Crippen LogP contribution in [0.5, 0.6) is 5.75 Å². The molecule has 0 aliphatic carbocycles. The summed E-state index contributed by atoms with van der Waals surface area (Å²) in [5.41, 5.74) is 1.10. The number of benzene rings is 2. The lowest BCUT2D eigenvalue weighted by Gasteiger charge is -2.26. The zero-order valence-electron chi connectivity index (χ0n) is 17.8. The second kappa shape index (κ2) is 9.49. The van der Waals surface area contributed by atoms with Crippen molar-refractivity contribution in [3.8, 4) is 5.75 Å². The Labute approximate surface area is 182 Å². The predicted molar refractivity (Wildman–Crippen MR) is 116 cm³/mol. The van der Waals surface area contributed by atoms with E-state index in [0.29, 0.717) is 5.75 Å². The minimum atomic E-state index is -3.87. The fourth-order valence-electron chi connectivity index (χ4n) is 3.26. The Balaban J connectivity index is 1.75. The van der Waals surface area contributed by atoms with E-state index in [9.17, 15) is 18.0 Å². The smallest absolute Gasteiger partial charge is 0.251 e. The first-order valence-electron chi connectivity index (χ1n) is 10.1. The number of carbonyl (C=O) groups is 2. The van der Waals surface area contributed by atoms with Crippen LogP contribution >= 0.6 is 0 Å². The molecular weight excluding hydrogens is 418 g/mol. The molecule has 3 rings (SSSR count). The summed E-state index contributed by atoms with van der Waals surface area (Å²) in [4.78, 5) is 24.3. The summed E-state index contributed by atoms with van der Waals surface area (Å²) in [6, 6.07) is 13.0. The normalized spacial score (nSPS) is 15.9. The summed E-state index contributed by atoms with van der Waals surface area (Å²) in [6.07, 6.45) is 0.0378. The van der Waals surface area contributed by atoms with Crippen molar-refractivity contribution in [1.82, 2.24) is 14.9 Å². The van der Waals surface area contributed by atoms with Gasteiger partial charge in [0.1, 0.15) is 5.75 Å². The Kier molecular flexibility index (Phi) is 6.97. The third kappa shape index (κ3) is 5.62. The van der Waals surface area contributed by atoms with Crippen molar-refractivity contribution in [2.45, 2.75) is 37.8 Å². The fourth-order valence-corrected chi connectivity index (χ4v) is 4.70. The minimum Gasteiger partial charge on any atom is -0.491 e. The molecule has 31 heavy (non-hydrogen) atoms. The zero-order chi connectivity index (χ0) is 22.6. The van der Waals surface area contributed by atoms with Gasteiger partial charge in [0.05, 0.1) is 23.6 Å². The molecule has 1 fully saturated rings. The molecule has 0 aromatic heterocycles. The van der Waals surface area contributed by atoms with Gasteiger partial charge < -0.3 is 15.4 Å². The molecule has 2 aromatic carbocycles. The predicted octanol–water partition coefficient (Wildman–Crippen LogP) is 2.09. The number of hydrogen-bond donors (Lipinski definition) is 2. The fraction of sp³-hybridized carbons (Fsp3) is 0.364. The van der Waals surface area contributed by atoms with Gasteiger partial charge in [-0.25, -0.2) is 8.42 Å². The van der Waals surface area contributed by atoms with Crippen LogP contribution in [-0.4, -0.2) is 50.3 Å². The van der Waals surface area contributed by atoms with Crippen LogP contribution in [0.15, 0.2) is 53.4 Å². The molecule has 1 unspecified atom stereocenters. The number of ether oxygens (including phenoxy) is 1. The highest BCUT2D eigenvalue weighted by Gasteiger charge is 2.29. The van der Waals surface area contributed by atoms with Gasteiger partial charge in [-0.15, -0.1) is 0 Å². The van der Waals surface area contributed by atoms with Crippen molar-refractivity contribution in [2.24, 2.45) is 0 Å². The highest BCUT2D eigenvalue weighted by molar-refractivity contribution is 7.89. The Morgan fingerprint density at radius 1 is 1.13 bits per heavy atom. The topological polar surface area (TPSA) is 105 Å². The second-order valence-electron chi connectivity index (χ2n) is 7.65. The molecule has 8 nitrogen and oxygen atoms in total. The SMILES string of the molecule is CC(C)Oc1cccc(C(C)NC(=O)c2cccc(S(=O)(=O)N3CCNC(=O)C3)c2)c1. The first-order valence-corrected chi connectivity index (χ1v) is 11.5. The largest absolute Gasteiger partial charge is 0.491 e. The van der Waals surface area contributed by atoms with E-state index in [2.05, 4.69) is 10.6 Å². The molecule has 0 spiro atoms. The van der Waals surface area contributed by atoms with Gasteiger partial charge in [0.25, 0.3) is 5.91 Å². The molecule has 1 saturated heterocycles. The van der Waals surface area contributed by atoms with Crippen LogP contribution < -0.4 is 15.4 Å². The van der Waals surface area contributed by atoms with Crippen molar-refractivity contribution in [2.75, 3.05) is 19.6 Å². The molecule has 0 saturated carbocycles. The van der Waals surface area contributed by atoms with Gasteiger partial charge in [-0.2, -0.15) is 4.31 Å². The molecule has 0 bridgehead atoms. The Morgan fingerprint density at radius 3 is 2.58 bits per heavy atom. The van der Waals surface area contributed by atoms with Crippen molar-refractivity contribution in [3.63, 3.8) is 0 Å². The van der Waals surface area contributed by atoms with Crippen molar-refractivity contribution >= 4 is 21.8 Å². The van der Waals surface area contributed by atoms with E-state index in [-0.39, 0.29) is 48.1 Å². The second-order valence-corrected chi connectivity index (χ2v) is 9.59. The van der Waals surface area contributed by atoms with E-state index in [1.165, 1.54) is 18.2 Å². The van der Waals surface area contributed by atoms with Crippen LogP contribution in [0, 0.1) is 0 Å². The standard InChI is InChI=1S/C22H27N3O5S/c1-15(2)30-19-8-4-6-17(12-19)16(3)24-22(27)18-7-5-9-20(13-18)31(28,29)25-11-10-23-21(26)14-25/h4-9,12-13,15-16H,10-11,14H2,1-3H3,(H,23,26)(H,24,27). The maximum absolute atomic E-state index is 12.9. The summed E-state index contributed by atoms with van der Waals surface area (Å²) >= 11 is 0. The van der Waals surface area contributed by atoms with Crippen LogP contribution in [0.3, 0.4) is 0 Å². The third-order valence-corrected chi connectivity index (χ3v) is 6.66. The zero-order valence-corrected chi connectivity index (χ0v) is 18.6. The molecule has 0 radical (unpaired) electrons.